The Morgan fingerprint density at radius 2 is 2.12 bits per heavy atom. The molecule has 4 aromatic rings. The molecule has 0 saturated heterocycles. The van der Waals surface area contributed by atoms with E-state index in [1.165, 1.54) is 10.6 Å². The normalized spacial score (nSPS) is 11.2. The number of halogens is 1. The summed E-state index contributed by atoms with van der Waals surface area (Å²) in [4.78, 5) is 21.1. The lowest BCUT2D eigenvalue weighted by Gasteiger charge is -2.09. The molecule has 3 aromatic heterocycles. The number of nitrogens with zero attached hydrogens (tertiary/aromatic N) is 3. The second-order valence-corrected chi connectivity index (χ2v) is 6.28. The zero-order valence-electron chi connectivity index (χ0n) is 14.1. The van der Waals surface area contributed by atoms with E-state index in [4.69, 9.17) is 20.8 Å². The molecule has 3 heterocycles. The van der Waals surface area contributed by atoms with Gasteiger partial charge in [0.05, 0.1) is 12.0 Å². The molecule has 0 bridgehead atoms. The first kappa shape index (κ1) is 16.4. The molecule has 0 unspecified atom stereocenters. The van der Waals surface area contributed by atoms with Crippen LogP contribution >= 0.6 is 11.6 Å². The number of hydrogen-bond donors (Lipinski definition) is 1. The summed E-state index contributed by atoms with van der Waals surface area (Å²) >= 11 is 6.09. The number of aromatic amines is 1. The van der Waals surface area contributed by atoms with E-state index >= 15 is 0 Å². The monoisotopic (exact) mass is 370 g/mol. The summed E-state index contributed by atoms with van der Waals surface area (Å²) < 4.78 is 12.4. The molecular formula is C18H15ClN4O3. The Morgan fingerprint density at radius 3 is 2.88 bits per heavy atom. The third kappa shape index (κ3) is 2.86. The zero-order chi connectivity index (χ0) is 18.3. The van der Waals surface area contributed by atoms with Crippen LogP contribution in [-0.2, 0) is 6.61 Å². The molecule has 0 aliphatic heterocycles. The molecule has 0 amide bonds. The van der Waals surface area contributed by atoms with Crippen LogP contribution in [0.25, 0.3) is 17.4 Å². The lowest BCUT2D eigenvalue weighted by atomic mass is 10.2. The summed E-state index contributed by atoms with van der Waals surface area (Å²) in [5.41, 5.74) is 1.95. The summed E-state index contributed by atoms with van der Waals surface area (Å²) in [5.74, 6) is 1.92. The number of benzene rings is 1. The third-order valence-electron chi connectivity index (χ3n) is 4.05. The zero-order valence-corrected chi connectivity index (χ0v) is 14.9. The van der Waals surface area contributed by atoms with Gasteiger partial charge in [-0.2, -0.15) is 9.50 Å². The highest BCUT2D eigenvalue weighted by Crippen LogP contribution is 2.25. The highest BCUT2D eigenvalue weighted by Gasteiger charge is 2.14. The van der Waals surface area contributed by atoms with Crippen LogP contribution < -0.4 is 10.3 Å². The van der Waals surface area contributed by atoms with Crippen LogP contribution in [0.5, 0.6) is 5.75 Å². The van der Waals surface area contributed by atoms with Gasteiger partial charge < -0.3 is 9.15 Å². The number of H-pyrrole nitrogens is 1. The highest BCUT2D eigenvalue weighted by molar-refractivity contribution is 6.31. The number of furan rings is 1. The van der Waals surface area contributed by atoms with E-state index in [9.17, 15) is 4.79 Å². The fourth-order valence-corrected chi connectivity index (χ4v) is 2.78. The second kappa shape index (κ2) is 6.34. The number of rotatable bonds is 4. The van der Waals surface area contributed by atoms with Gasteiger partial charge in [0.15, 0.2) is 11.6 Å². The van der Waals surface area contributed by atoms with E-state index in [1.807, 2.05) is 32.0 Å². The van der Waals surface area contributed by atoms with Gasteiger partial charge in [0, 0.05) is 16.7 Å². The molecule has 0 atom stereocenters. The summed E-state index contributed by atoms with van der Waals surface area (Å²) in [6, 6.07) is 8.65. The number of ether oxygens (including phenoxy) is 1. The predicted octanol–water partition coefficient (Wildman–Crippen LogP) is 3.53. The van der Waals surface area contributed by atoms with Crippen molar-refractivity contribution in [2.24, 2.45) is 0 Å². The van der Waals surface area contributed by atoms with E-state index in [2.05, 4.69) is 15.1 Å². The van der Waals surface area contributed by atoms with Gasteiger partial charge in [-0.25, -0.2) is 4.98 Å². The largest absolute Gasteiger partial charge is 0.487 e. The van der Waals surface area contributed by atoms with Crippen molar-refractivity contribution in [1.29, 1.82) is 0 Å². The maximum absolute atomic E-state index is 12.3. The van der Waals surface area contributed by atoms with Crippen LogP contribution in [0.15, 0.2) is 45.8 Å². The molecule has 4 rings (SSSR count). The average molecular weight is 371 g/mol. The van der Waals surface area contributed by atoms with Crippen LogP contribution in [0, 0.1) is 13.8 Å². The first-order valence-corrected chi connectivity index (χ1v) is 8.32. The molecule has 0 radical (unpaired) electrons. The molecule has 8 heteroatoms. The molecule has 0 fully saturated rings. The summed E-state index contributed by atoms with van der Waals surface area (Å²) in [7, 11) is 0. The summed E-state index contributed by atoms with van der Waals surface area (Å²) in [6.45, 7) is 3.90. The van der Waals surface area contributed by atoms with Crippen LogP contribution in [0.4, 0.5) is 0 Å². The highest BCUT2D eigenvalue weighted by atomic mass is 35.5. The standard InChI is InChI=1S/C18H15ClN4O3/c1-10-6-7-25-16(10)17-21-18-20-12(8-15(24)23(18)22-17)9-26-14-5-3-4-13(19)11(14)2/h3-8H,9H2,1-2H3,(H,20,21,22). The van der Waals surface area contributed by atoms with E-state index < -0.39 is 0 Å². The molecule has 0 aliphatic carbocycles. The molecule has 1 N–H and O–H groups in total. The van der Waals surface area contributed by atoms with E-state index in [-0.39, 0.29) is 17.9 Å². The fourth-order valence-electron chi connectivity index (χ4n) is 2.61. The van der Waals surface area contributed by atoms with E-state index in [0.29, 0.717) is 28.1 Å². The van der Waals surface area contributed by atoms with Crippen molar-refractivity contribution in [2.45, 2.75) is 20.5 Å². The van der Waals surface area contributed by atoms with Crippen LogP contribution in [-0.4, -0.2) is 19.6 Å². The van der Waals surface area contributed by atoms with Crippen LogP contribution in [0.3, 0.4) is 0 Å². The Labute approximate surface area is 153 Å². The lowest BCUT2D eigenvalue weighted by molar-refractivity contribution is 0.299. The van der Waals surface area contributed by atoms with Crippen molar-refractivity contribution in [3.8, 4) is 17.3 Å². The van der Waals surface area contributed by atoms with Crippen molar-refractivity contribution in [3.05, 3.63) is 68.8 Å². The van der Waals surface area contributed by atoms with Gasteiger partial charge in [-0.05, 0) is 37.6 Å². The van der Waals surface area contributed by atoms with Crippen molar-refractivity contribution < 1.29 is 9.15 Å². The Morgan fingerprint density at radius 1 is 1.27 bits per heavy atom. The molecule has 1 aromatic carbocycles. The molecule has 26 heavy (non-hydrogen) atoms. The number of nitrogens with one attached hydrogen (secondary N) is 1. The molecule has 7 nitrogen and oxygen atoms in total. The number of hydrogen-bond acceptors (Lipinski definition) is 5. The molecule has 0 spiro atoms. The first-order valence-electron chi connectivity index (χ1n) is 7.94. The van der Waals surface area contributed by atoms with Gasteiger partial charge in [0.25, 0.3) is 11.3 Å². The number of fused-ring (bicyclic) bond motifs is 1. The van der Waals surface area contributed by atoms with Crippen molar-refractivity contribution >= 4 is 17.4 Å². The Bertz CT molecular complexity index is 1160. The van der Waals surface area contributed by atoms with Crippen LogP contribution in [0.1, 0.15) is 16.8 Å². The third-order valence-corrected chi connectivity index (χ3v) is 4.46. The average Bonchev–Trinajstić information content (AvgIpc) is 3.22. The maximum atomic E-state index is 12.3. The molecule has 0 saturated carbocycles. The topological polar surface area (TPSA) is 85.4 Å². The Balaban J connectivity index is 1.66. The van der Waals surface area contributed by atoms with Gasteiger partial charge >= 0.3 is 0 Å². The SMILES string of the molecule is Cc1ccoc1-c1nc2nc(COc3cccc(Cl)c3C)cc(=O)n2[nH]1. The summed E-state index contributed by atoms with van der Waals surface area (Å²) in [5, 5.41) is 3.53. The lowest BCUT2D eigenvalue weighted by Crippen LogP contribution is -2.16. The second-order valence-electron chi connectivity index (χ2n) is 5.88. The quantitative estimate of drug-likeness (QED) is 0.594. The maximum Gasteiger partial charge on any atom is 0.274 e. The van der Waals surface area contributed by atoms with Crippen molar-refractivity contribution in [1.82, 2.24) is 19.6 Å². The van der Waals surface area contributed by atoms with E-state index in [0.717, 1.165) is 11.1 Å². The predicted molar refractivity (Wildman–Crippen MR) is 96.6 cm³/mol. The Kier molecular flexibility index (Phi) is 4.00. The van der Waals surface area contributed by atoms with Gasteiger partial charge in [-0.15, -0.1) is 0 Å². The number of aromatic nitrogens is 4. The van der Waals surface area contributed by atoms with Gasteiger partial charge in [0.2, 0.25) is 0 Å². The van der Waals surface area contributed by atoms with Crippen molar-refractivity contribution in [3.63, 3.8) is 0 Å². The van der Waals surface area contributed by atoms with Crippen molar-refractivity contribution in [2.75, 3.05) is 0 Å². The minimum absolute atomic E-state index is 0.134. The summed E-state index contributed by atoms with van der Waals surface area (Å²) in [6.07, 6.45) is 1.57. The van der Waals surface area contributed by atoms with Crippen LogP contribution in [0.2, 0.25) is 5.02 Å². The molecule has 0 aliphatic rings. The van der Waals surface area contributed by atoms with Gasteiger partial charge in [-0.1, -0.05) is 17.7 Å². The smallest absolute Gasteiger partial charge is 0.274 e. The van der Waals surface area contributed by atoms with Gasteiger partial charge in [-0.3, -0.25) is 9.89 Å². The Hall–Kier alpha value is -3.06. The van der Waals surface area contributed by atoms with Gasteiger partial charge in [0.1, 0.15) is 12.4 Å². The fraction of sp³-hybridized carbons (Fsp3) is 0.167. The first-order chi connectivity index (χ1) is 12.5. The number of aryl methyl sites for hydroxylation is 1. The molecule has 132 valence electrons. The molecular weight excluding hydrogens is 356 g/mol. The van der Waals surface area contributed by atoms with E-state index in [1.54, 1.807) is 12.3 Å². The minimum atomic E-state index is -0.278. The minimum Gasteiger partial charge on any atom is -0.487 e.